The lowest BCUT2D eigenvalue weighted by Crippen LogP contribution is -2.45. The van der Waals surface area contributed by atoms with E-state index in [0.29, 0.717) is 56.0 Å². The zero-order valence-corrected chi connectivity index (χ0v) is 21.1. The average Bonchev–Trinajstić information content (AvgIpc) is 3.25. The summed E-state index contributed by atoms with van der Waals surface area (Å²) in [6, 6.07) is 7.16. The quantitative estimate of drug-likeness (QED) is 0.648. The number of hydrogen-bond acceptors (Lipinski definition) is 4. The van der Waals surface area contributed by atoms with Gasteiger partial charge in [-0.2, -0.15) is 0 Å². The van der Waals surface area contributed by atoms with Crippen LogP contribution in [-0.4, -0.2) is 59.6 Å². The topological polar surface area (TPSA) is 98.8 Å². The van der Waals surface area contributed by atoms with E-state index in [1.54, 1.807) is 23.1 Å². The molecule has 2 heterocycles. The van der Waals surface area contributed by atoms with Gasteiger partial charge in [-0.3, -0.25) is 19.2 Å². The van der Waals surface area contributed by atoms with Crippen molar-refractivity contribution in [2.75, 3.05) is 36.8 Å². The number of piperidine rings is 1. The van der Waals surface area contributed by atoms with Crippen molar-refractivity contribution in [3.63, 3.8) is 0 Å². The smallest absolute Gasteiger partial charge is 0.259 e. The zero-order chi connectivity index (χ0) is 26.9. The largest absolute Gasteiger partial charge is 0.338 e. The minimum atomic E-state index is -0.867. The Morgan fingerprint density at radius 1 is 0.811 bits per heavy atom. The number of rotatable bonds is 4. The fourth-order valence-electron chi connectivity index (χ4n) is 5.16. The highest BCUT2D eigenvalue weighted by molar-refractivity contribution is 6.02. The van der Waals surface area contributed by atoms with Gasteiger partial charge in [-0.15, -0.1) is 0 Å². The van der Waals surface area contributed by atoms with Crippen molar-refractivity contribution in [2.45, 2.75) is 40.0 Å². The van der Waals surface area contributed by atoms with E-state index < -0.39 is 23.1 Å². The van der Waals surface area contributed by atoms with E-state index in [2.05, 4.69) is 10.6 Å². The first-order chi connectivity index (χ1) is 17.5. The third kappa shape index (κ3) is 5.47. The number of likely N-dealkylation sites (tertiary alicyclic amines) is 2. The van der Waals surface area contributed by atoms with Gasteiger partial charge in [0.15, 0.2) is 0 Å². The van der Waals surface area contributed by atoms with Crippen LogP contribution in [-0.2, 0) is 9.59 Å². The van der Waals surface area contributed by atoms with Crippen LogP contribution in [0.4, 0.5) is 20.2 Å². The first-order valence-electron chi connectivity index (χ1n) is 12.2. The molecule has 4 amide bonds. The van der Waals surface area contributed by atoms with Gasteiger partial charge in [0.2, 0.25) is 11.8 Å². The molecular formula is C27H30F2N4O4. The van der Waals surface area contributed by atoms with Gasteiger partial charge in [-0.25, -0.2) is 8.78 Å². The second-order valence-corrected chi connectivity index (χ2v) is 9.94. The molecule has 37 heavy (non-hydrogen) atoms. The SMILES string of the molecule is CC(=O)Nc1ccc(C(=O)N2CCC3(CCN(C(=O)c4c(F)ccc(C)c4F)CC3)C2)cc1NC(C)=O. The lowest BCUT2D eigenvalue weighted by molar-refractivity contribution is -0.115. The second-order valence-electron chi connectivity index (χ2n) is 9.94. The number of carbonyl (C=O) groups excluding carboxylic acids is 4. The highest BCUT2D eigenvalue weighted by Gasteiger charge is 2.43. The van der Waals surface area contributed by atoms with E-state index in [0.717, 1.165) is 12.5 Å². The number of amides is 4. The van der Waals surface area contributed by atoms with Gasteiger partial charge >= 0.3 is 0 Å². The van der Waals surface area contributed by atoms with Crippen LogP contribution in [0.15, 0.2) is 30.3 Å². The molecule has 0 bridgehead atoms. The fourth-order valence-corrected chi connectivity index (χ4v) is 5.16. The highest BCUT2D eigenvalue weighted by atomic mass is 19.1. The average molecular weight is 513 g/mol. The predicted molar refractivity (Wildman–Crippen MR) is 134 cm³/mol. The molecule has 0 aliphatic carbocycles. The Balaban J connectivity index is 1.43. The molecule has 0 unspecified atom stereocenters. The molecule has 2 saturated heterocycles. The molecule has 2 aromatic rings. The standard InChI is InChI=1S/C27H30F2N4O4/c1-16-4-6-20(28)23(24(16)29)26(37)32-11-8-27(9-12-32)10-13-33(15-27)25(36)19-5-7-21(30-17(2)34)22(14-19)31-18(3)35/h4-7,14H,8-13,15H2,1-3H3,(H,30,34)(H,31,35). The summed E-state index contributed by atoms with van der Waals surface area (Å²) in [5, 5.41) is 5.28. The number of nitrogens with one attached hydrogen (secondary N) is 2. The lowest BCUT2D eigenvalue weighted by atomic mass is 9.77. The summed E-state index contributed by atoms with van der Waals surface area (Å²) in [7, 11) is 0. The monoisotopic (exact) mass is 512 g/mol. The molecule has 2 aromatic carbocycles. The summed E-state index contributed by atoms with van der Waals surface area (Å²) in [4.78, 5) is 52.5. The van der Waals surface area contributed by atoms with Crippen LogP contribution in [0.5, 0.6) is 0 Å². The van der Waals surface area contributed by atoms with E-state index in [1.807, 2.05) is 0 Å². The summed E-state index contributed by atoms with van der Waals surface area (Å²) < 4.78 is 28.7. The summed E-state index contributed by atoms with van der Waals surface area (Å²) in [5.74, 6) is -3.17. The number of halogens is 2. The second kappa shape index (κ2) is 10.3. The van der Waals surface area contributed by atoms with E-state index in [4.69, 9.17) is 0 Å². The van der Waals surface area contributed by atoms with E-state index in [9.17, 15) is 28.0 Å². The van der Waals surface area contributed by atoms with Gasteiger partial charge < -0.3 is 20.4 Å². The van der Waals surface area contributed by atoms with Gasteiger partial charge in [0.25, 0.3) is 11.8 Å². The molecule has 0 aromatic heterocycles. The molecule has 2 aliphatic heterocycles. The molecule has 2 fully saturated rings. The van der Waals surface area contributed by atoms with Crippen molar-refractivity contribution in [3.8, 4) is 0 Å². The molecular weight excluding hydrogens is 482 g/mol. The minimum Gasteiger partial charge on any atom is -0.338 e. The summed E-state index contributed by atoms with van der Waals surface area (Å²) in [6.45, 7) is 5.94. The summed E-state index contributed by atoms with van der Waals surface area (Å²) in [6.07, 6.45) is 2.00. The van der Waals surface area contributed by atoms with Crippen molar-refractivity contribution < 1.29 is 28.0 Å². The summed E-state index contributed by atoms with van der Waals surface area (Å²) >= 11 is 0. The Kier molecular flexibility index (Phi) is 7.29. The molecule has 8 nitrogen and oxygen atoms in total. The molecule has 4 rings (SSSR count). The van der Waals surface area contributed by atoms with Crippen LogP contribution in [0, 0.1) is 24.0 Å². The van der Waals surface area contributed by atoms with E-state index in [1.165, 1.54) is 31.7 Å². The van der Waals surface area contributed by atoms with Crippen molar-refractivity contribution in [2.24, 2.45) is 5.41 Å². The van der Waals surface area contributed by atoms with Gasteiger partial charge in [0, 0.05) is 45.6 Å². The van der Waals surface area contributed by atoms with Gasteiger partial charge in [0.1, 0.15) is 17.2 Å². The number of benzene rings is 2. The van der Waals surface area contributed by atoms with Crippen molar-refractivity contribution >= 4 is 35.0 Å². The Bertz CT molecular complexity index is 1270. The maximum absolute atomic E-state index is 14.5. The maximum Gasteiger partial charge on any atom is 0.259 e. The molecule has 196 valence electrons. The van der Waals surface area contributed by atoms with Gasteiger partial charge in [-0.1, -0.05) is 6.07 Å². The van der Waals surface area contributed by atoms with Crippen molar-refractivity contribution in [1.29, 1.82) is 0 Å². The van der Waals surface area contributed by atoms with Crippen LogP contribution in [0.3, 0.4) is 0 Å². The van der Waals surface area contributed by atoms with Crippen molar-refractivity contribution in [1.82, 2.24) is 9.80 Å². The van der Waals surface area contributed by atoms with E-state index >= 15 is 0 Å². The van der Waals surface area contributed by atoms with Crippen LogP contribution in [0.25, 0.3) is 0 Å². The first kappa shape index (κ1) is 26.2. The normalized spacial score (nSPS) is 16.6. The van der Waals surface area contributed by atoms with Crippen LogP contribution in [0.1, 0.15) is 59.4 Å². The number of aryl methyl sites for hydroxylation is 1. The third-order valence-corrected chi connectivity index (χ3v) is 7.22. The number of hydrogen-bond donors (Lipinski definition) is 2. The molecule has 0 radical (unpaired) electrons. The number of carbonyl (C=O) groups is 4. The Labute approximate surface area is 214 Å². The van der Waals surface area contributed by atoms with Gasteiger partial charge in [-0.05, 0) is 61.4 Å². The maximum atomic E-state index is 14.5. The predicted octanol–water partition coefficient (Wildman–Crippen LogP) is 3.96. The zero-order valence-electron chi connectivity index (χ0n) is 21.1. The van der Waals surface area contributed by atoms with Crippen LogP contribution < -0.4 is 10.6 Å². The number of anilines is 2. The molecule has 2 N–H and O–H groups in total. The molecule has 0 atom stereocenters. The Morgan fingerprint density at radius 3 is 2.03 bits per heavy atom. The minimum absolute atomic E-state index is 0.174. The Hall–Kier alpha value is -3.82. The fraction of sp³-hybridized carbons (Fsp3) is 0.407. The van der Waals surface area contributed by atoms with Crippen molar-refractivity contribution in [3.05, 3.63) is 58.7 Å². The third-order valence-electron chi connectivity index (χ3n) is 7.22. The lowest BCUT2D eigenvalue weighted by Gasteiger charge is -2.39. The van der Waals surface area contributed by atoms with Crippen LogP contribution >= 0.6 is 0 Å². The Morgan fingerprint density at radius 2 is 1.41 bits per heavy atom. The van der Waals surface area contributed by atoms with E-state index in [-0.39, 0.29) is 28.7 Å². The molecule has 2 aliphatic rings. The van der Waals surface area contributed by atoms with Gasteiger partial charge in [0.05, 0.1) is 11.4 Å². The van der Waals surface area contributed by atoms with Crippen LogP contribution in [0.2, 0.25) is 0 Å². The summed E-state index contributed by atoms with van der Waals surface area (Å²) in [5.41, 5.74) is 0.646. The number of nitrogens with zero attached hydrogens (tertiary/aromatic N) is 2. The molecule has 0 saturated carbocycles. The molecule has 10 heteroatoms. The molecule has 1 spiro atoms. The highest BCUT2D eigenvalue weighted by Crippen LogP contribution is 2.41. The first-order valence-corrected chi connectivity index (χ1v) is 12.2.